The normalized spacial score (nSPS) is 25.5. The molecule has 2 aliphatic rings. The summed E-state index contributed by atoms with van der Waals surface area (Å²) in [5, 5.41) is 21.9. The van der Waals surface area contributed by atoms with Crippen molar-refractivity contribution in [1.82, 2.24) is 24.7 Å². The number of ether oxygens (including phenoxy) is 3. The largest absolute Gasteiger partial charge is 0.395 e. The van der Waals surface area contributed by atoms with Crippen LogP contribution in [0.1, 0.15) is 91.8 Å². The predicted molar refractivity (Wildman–Crippen MR) is 194 cm³/mol. The summed E-state index contributed by atoms with van der Waals surface area (Å²) in [6.45, 7) is 17.7. The minimum absolute atomic E-state index is 0.0165. The van der Waals surface area contributed by atoms with Gasteiger partial charge in [0, 0.05) is 68.6 Å². The van der Waals surface area contributed by atoms with E-state index in [1.165, 1.54) is 5.56 Å². The third-order valence-corrected chi connectivity index (χ3v) is 10.9. The predicted octanol–water partition coefficient (Wildman–Crippen LogP) is 3.36. The van der Waals surface area contributed by atoms with Crippen LogP contribution >= 0.6 is 0 Å². The highest BCUT2D eigenvalue weighted by molar-refractivity contribution is 5.98. The molecule has 0 amide bonds. The Morgan fingerprint density at radius 1 is 1.26 bits per heavy atom. The van der Waals surface area contributed by atoms with Crippen LogP contribution in [-0.2, 0) is 36.8 Å². The molecule has 0 unspecified atom stereocenters. The van der Waals surface area contributed by atoms with Crippen LogP contribution in [0.25, 0.3) is 0 Å². The lowest BCUT2D eigenvalue weighted by Gasteiger charge is -2.47. The quantitative estimate of drug-likeness (QED) is 0.143. The molecule has 12 heteroatoms. The molecule has 3 heterocycles. The fourth-order valence-electron chi connectivity index (χ4n) is 8.01. The van der Waals surface area contributed by atoms with Crippen LogP contribution in [0.15, 0.2) is 12.5 Å². The Labute approximate surface area is 301 Å². The highest BCUT2D eigenvalue weighted by atomic mass is 16.7. The molecule has 50 heavy (non-hydrogen) atoms. The topological polar surface area (TPSA) is 138 Å². The van der Waals surface area contributed by atoms with Gasteiger partial charge in [0.2, 0.25) is 0 Å². The van der Waals surface area contributed by atoms with E-state index in [0.29, 0.717) is 19.1 Å². The van der Waals surface area contributed by atoms with E-state index in [2.05, 4.69) is 33.6 Å². The summed E-state index contributed by atoms with van der Waals surface area (Å²) in [4.78, 5) is 41.2. The minimum atomic E-state index is -1.22. The van der Waals surface area contributed by atoms with Gasteiger partial charge in [-0.05, 0) is 92.9 Å². The van der Waals surface area contributed by atoms with Crippen molar-refractivity contribution in [3.63, 3.8) is 0 Å². The number of carbonyl (C=O) groups is 2. The summed E-state index contributed by atoms with van der Waals surface area (Å²) < 4.78 is 19.1. The summed E-state index contributed by atoms with van der Waals surface area (Å²) in [6, 6.07) is -0.171. The van der Waals surface area contributed by atoms with Gasteiger partial charge in [-0.25, -0.2) is 9.97 Å². The van der Waals surface area contributed by atoms with Crippen LogP contribution in [-0.4, -0.2) is 143 Å². The van der Waals surface area contributed by atoms with Crippen molar-refractivity contribution < 1.29 is 34.0 Å². The molecule has 2 aliphatic heterocycles. The van der Waals surface area contributed by atoms with Gasteiger partial charge in [-0.2, -0.15) is 0 Å². The van der Waals surface area contributed by atoms with E-state index in [1.54, 1.807) is 34.2 Å². The van der Waals surface area contributed by atoms with Crippen LogP contribution in [0.2, 0.25) is 0 Å². The average Bonchev–Trinajstić information content (AvgIpc) is 3.09. The molecular formula is C38H67N5O7. The standard InChI is InChI=1S/C38H67N5O7/c1-11-15-43(30(23-44)13-12-16-42-17-14-31-29(22-42)20-39-25-40-31)21-26(2)19-38(7,48-10)35(28(4)34(47)37(5,6)24-45)50-36-33(46)32(41(8)9)18-27(3)49-36/h20,24-28,30,32-33,35-36,44,46H,11-19,21-23H2,1-10H3/t26-,27-,28+,30+,32+,33-,35-,36+,38-/m1/s1. The molecule has 0 aliphatic carbocycles. The first-order chi connectivity index (χ1) is 23.6. The molecule has 12 nitrogen and oxygen atoms in total. The van der Waals surface area contributed by atoms with E-state index >= 15 is 0 Å². The van der Waals surface area contributed by atoms with Crippen LogP contribution in [0, 0.1) is 17.3 Å². The Kier molecular flexibility index (Phi) is 16.4. The highest BCUT2D eigenvalue weighted by Gasteiger charge is 2.49. The van der Waals surface area contributed by atoms with Crippen LogP contribution in [0.4, 0.5) is 0 Å². The number of aldehydes is 1. The second-order valence-corrected chi connectivity index (χ2v) is 15.9. The van der Waals surface area contributed by atoms with Crippen LogP contribution < -0.4 is 0 Å². The zero-order valence-corrected chi connectivity index (χ0v) is 32.5. The molecule has 0 bridgehead atoms. The number of Topliss-reactive ketones (excluding diaryl/α,β-unsaturated/α-hetero) is 1. The van der Waals surface area contributed by atoms with Gasteiger partial charge in [-0.3, -0.25) is 14.6 Å². The van der Waals surface area contributed by atoms with Crippen LogP contribution in [0.3, 0.4) is 0 Å². The second kappa shape index (κ2) is 19.3. The molecule has 0 aromatic carbocycles. The fraction of sp³-hybridized carbons (Fsp3) is 0.842. The van der Waals surface area contributed by atoms with Gasteiger partial charge < -0.3 is 34.1 Å². The Morgan fingerprint density at radius 2 is 1.98 bits per heavy atom. The number of methoxy groups -OCH3 is 1. The maximum Gasteiger partial charge on any atom is 0.185 e. The summed E-state index contributed by atoms with van der Waals surface area (Å²) >= 11 is 0. The molecular weight excluding hydrogens is 638 g/mol. The van der Waals surface area contributed by atoms with E-state index in [0.717, 1.165) is 64.1 Å². The number of likely N-dealkylation sites (N-methyl/N-ethyl adjacent to an activating group) is 1. The molecule has 0 saturated carbocycles. The van der Waals surface area contributed by atoms with E-state index < -0.39 is 35.4 Å². The van der Waals surface area contributed by atoms with E-state index in [1.807, 2.05) is 39.0 Å². The number of rotatable bonds is 21. The first-order valence-electron chi connectivity index (χ1n) is 18.7. The van der Waals surface area contributed by atoms with Crippen molar-refractivity contribution in [3.05, 3.63) is 23.8 Å². The number of carbonyl (C=O) groups excluding carboxylic acids is 2. The Morgan fingerprint density at radius 3 is 2.60 bits per heavy atom. The van der Waals surface area contributed by atoms with Crippen molar-refractivity contribution in [2.45, 2.75) is 136 Å². The van der Waals surface area contributed by atoms with E-state index in [4.69, 9.17) is 14.2 Å². The summed E-state index contributed by atoms with van der Waals surface area (Å²) in [7, 11) is 5.47. The van der Waals surface area contributed by atoms with Gasteiger partial charge in [0.05, 0.1) is 29.8 Å². The van der Waals surface area contributed by atoms with Gasteiger partial charge in [0.15, 0.2) is 12.1 Å². The smallest absolute Gasteiger partial charge is 0.185 e. The Balaban J connectivity index is 1.76. The number of nitrogens with zero attached hydrogens (tertiary/aromatic N) is 5. The maximum atomic E-state index is 13.8. The summed E-state index contributed by atoms with van der Waals surface area (Å²) in [5.41, 5.74) is 0.157. The number of hydrogen-bond donors (Lipinski definition) is 2. The zero-order chi connectivity index (χ0) is 37.2. The summed E-state index contributed by atoms with van der Waals surface area (Å²) in [5.74, 6) is -0.894. The molecule has 0 spiro atoms. The Hall–Kier alpha value is -1.90. The fourth-order valence-corrected chi connectivity index (χ4v) is 8.01. The van der Waals surface area contributed by atoms with Crippen molar-refractivity contribution in [2.24, 2.45) is 17.3 Å². The maximum absolute atomic E-state index is 13.8. The first kappa shape index (κ1) is 42.5. The number of ketones is 1. The lowest BCUT2D eigenvalue weighted by atomic mass is 9.74. The first-order valence-corrected chi connectivity index (χ1v) is 18.7. The molecule has 1 aromatic rings. The van der Waals surface area contributed by atoms with Gasteiger partial charge in [0.25, 0.3) is 0 Å². The lowest BCUT2D eigenvalue weighted by molar-refractivity contribution is -0.295. The highest BCUT2D eigenvalue weighted by Crippen LogP contribution is 2.37. The van der Waals surface area contributed by atoms with E-state index in [9.17, 15) is 19.8 Å². The molecule has 0 radical (unpaired) electrons. The molecule has 1 fully saturated rings. The van der Waals surface area contributed by atoms with Gasteiger partial charge in [-0.1, -0.05) is 20.8 Å². The van der Waals surface area contributed by atoms with Crippen molar-refractivity contribution >= 4 is 12.1 Å². The second-order valence-electron chi connectivity index (χ2n) is 15.9. The van der Waals surface area contributed by atoms with Gasteiger partial charge in [0.1, 0.15) is 18.7 Å². The van der Waals surface area contributed by atoms with Crippen molar-refractivity contribution in [3.8, 4) is 0 Å². The number of fused-ring (bicyclic) bond motifs is 1. The SMILES string of the molecule is CCCN(C[C@H](C)C[C@@](C)(OC)[C@H](O[C@@H]1O[C@H](C)C[C@H](N(C)C)[C@H]1O)[C@@H](C)C(=O)C(C)(C)C=O)[C@H](CO)CCCN1CCc2ncncc2C1. The number of aromatic nitrogens is 2. The Bertz CT molecular complexity index is 1200. The molecule has 286 valence electrons. The molecule has 3 rings (SSSR count). The number of aliphatic hydroxyl groups excluding tert-OH is 2. The number of hydrogen-bond acceptors (Lipinski definition) is 12. The van der Waals surface area contributed by atoms with Crippen molar-refractivity contribution in [2.75, 3.05) is 54.0 Å². The van der Waals surface area contributed by atoms with Gasteiger partial charge in [-0.15, -0.1) is 0 Å². The molecule has 1 saturated heterocycles. The summed E-state index contributed by atoms with van der Waals surface area (Å²) in [6.07, 6.45) is 6.23. The lowest BCUT2D eigenvalue weighted by Crippen LogP contribution is -2.59. The third-order valence-electron chi connectivity index (χ3n) is 10.9. The third kappa shape index (κ3) is 11.1. The average molecular weight is 706 g/mol. The monoisotopic (exact) mass is 706 g/mol. The van der Waals surface area contributed by atoms with Crippen LogP contribution in [0.5, 0.6) is 0 Å². The number of aliphatic hydroxyl groups is 2. The molecule has 9 atom stereocenters. The van der Waals surface area contributed by atoms with Gasteiger partial charge >= 0.3 is 0 Å². The molecule has 2 N–H and O–H groups in total. The zero-order valence-electron chi connectivity index (χ0n) is 32.5. The van der Waals surface area contributed by atoms with Crippen molar-refractivity contribution in [1.29, 1.82) is 0 Å². The van der Waals surface area contributed by atoms with E-state index in [-0.39, 0.29) is 36.5 Å². The molecule has 1 aromatic heterocycles. The minimum Gasteiger partial charge on any atom is -0.395 e.